The number of hydrogen-bond donors (Lipinski definition) is 1. The van der Waals surface area contributed by atoms with Gasteiger partial charge in [-0.25, -0.2) is 0 Å². The minimum Gasteiger partial charge on any atom is -0.497 e. The van der Waals surface area contributed by atoms with Crippen molar-refractivity contribution in [1.29, 1.82) is 0 Å². The van der Waals surface area contributed by atoms with Crippen LogP contribution in [-0.2, 0) is 18.3 Å². The average Bonchev–Trinajstić information content (AvgIpc) is 3.55. The summed E-state index contributed by atoms with van der Waals surface area (Å²) in [6, 6.07) is 12.2. The van der Waals surface area contributed by atoms with Crippen molar-refractivity contribution in [2.45, 2.75) is 13.0 Å². The topological polar surface area (TPSA) is 77.7 Å². The number of aryl methyl sites for hydroxylation is 2. The standard InChI is InChI=1S/C29H28N4O4/c1-31-11-8-17-4-6-20-23(26(17)31)25-24(28(34)30-29(25)35)22-19-7-5-18(36-2)16-21(19)33(27(20)22)10-3-9-32-12-14-37-15-13-32/h4-8,11,16H,3,9-10,12-15H2,1-2H3,(H,30,34,35). The fraction of sp³-hybridized carbons (Fsp3) is 0.310. The first-order chi connectivity index (χ1) is 18.1. The van der Waals surface area contributed by atoms with Crippen molar-refractivity contribution in [1.82, 2.24) is 19.4 Å². The summed E-state index contributed by atoms with van der Waals surface area (Å²) in [6.07, 6.45) is 2.95. The molecule has 0 unspecified atom stereocenters. The van der Waals surface area contributed by atoms with E-state index in [2.05, 4.69) is 26.9 Å². The number of rotatable bonds is 5. The van der Waals surface area contributed by atoms with Gasteiger partial charge < -0.3 is 18.6 Å². The van der Waals surface area contributed by atoms with Gasteiger partial charge in [0.15, 0.2) is 0 Å². The van der Waals surface area contributed by atoms with Gasteiger partial charge in [-0.15, -0.1) is 0 Å². The van der Waals surface area contributed by atoms with E-state index in [9.17, 15) is 9.59 Å². The van der Waals surface area contributed by atoms with E-state index in [1.807, 2.05) is 42.1 Å². The number of hydrogen-bond acceptors (Lipinski definition) is 5. The summed E-state index contributed by atoms with van der Waals surface area (Å²) < 4.78 is 15.5. The highest BCUT2D eigenvalue weighted by atomic mass is 16.5. The van der Waals surface area contributed by atoms with Gasteiger partial charge in [-0.05, 0) is 24.6 Å². The molecule has 0 spiro atoms. The fourth-order valence-electron chi connectivity index (χ4n) is 6.27. The lowest BCUT2D eigenvalue weighted by Crippen LogP contribution is -2.37. The largest absolute Gasteiger partial charge is 0.497 e. The molecule has 37 heavy (non-hydrogen) atoms. The van der Waals surface area contributed by atoms with Crippen LogP contribution in [0.5, 0.6) is 5.75 Å². The van der Waals surface area contributed by atoms with Crippen LogP contribution < -0.4 is 10.1 Å². The van der Waals surface area contributed by atoms with Gasteiger partial charge in [0.2, 0.25) is 0 Å². The molecule has 0 aliphatic carbocycles. The lowest BCUT2D eigenvalue weighted by atomic mass is 9.93. The number of ether oxygens (including phenoxy) is 2. The molecule has 188 valence electrons. The van der Waals surface area contributed by atoms with Gasteiger partial charge >= 0.3 is 0 Å². The highest BCUT2D eigenvalue weighted by molar-refractivity contribution is 6.39. The van der Waals surface area contributed by atoms with Crippen molar-refractivity contribution in [3.8, 4) is 5.75 Å². The molecule has 5 aromatic rings. The molecule has 1 saturated heterocycles. The van der Waals surface area contributed by atoms with Gasteiger partial charge in [-0.1, -0.05) is 12.1 Å². The second-order valence-corrected chi connectivity index (χ2v) is 9.95. The first-order valence-electron chi connectivity index (χ1n) is 12.8. The normalized spacial score (nSPS) is 16.4. The SMILES string of the molecule is COc1ccc2c3c4c(c5c(ccc6ccn(C)c65)c3n(CCCN3CCOCC3)c2c1)C(=O)NC4=O. The van der Waals surface area contributed by atoms with Crippen LogP contribution in [0, 0.1) is 0 Å². The van der Waals surface area contributed by atoms with Crippen molar-refractivity contribution in [3.63, 3.8) is 0 Å². The number of methoxy groups -OCH3 is 1. The molecule has 0 saturated carbocycles. The van der Waals surface area contributed by atoms with Crippen molar-refractivity contribution in [3.05, 3.63) is 53.7 Å². The minimum atomic E-state index is -0.332. The molecule has 4 heterocycles. The molecule has 7 rings (SSSR count). The number of nitrogens with zero attached hydrogens (tertiary/aromatic N) is 3. The quantitative estimate of drug-likeness (QED) is 0.372. The van der Waals surface area contributed by atoms with E-state index in [0.29, 0.717) is 11.1 Å². The summed E-state index contributed by atoms with van der Waals surface area (Å²) in [5.74, 6) is 0.0969. The first kappa shape index (κ1) is 22.3. The second kappa shape index (κ2) is 8.33. The van der Waals surface area contributed by atoms with Crippen LogP contribution >= 0.6 is 0 Å². The molecule has 8 heteroatoms. The summed E-state index contributed by atoms with van der Waals surface area (Å²) in [5, 5.41) is 7.23. The van der Waals surface area contributed by atoms with Crippen LogP contribution in [0.4, 0.5) is 0 Å². The molecular formula is C29H28N4O4. The van der Waals surface area contributed by atoms with Gasteiger partial charge in [0.1, 0.15) is 5.75 Å². The van der Waals surface area contributed by atoms with Crippen molar-refractivity contribution >= 4 is 55.3 Å². The summed E-state index contributed by atoms with van der Waals surface area (Å²) in [7, 11) is 3.65. The third kappa shape index (κ3) is 3.22. The molecule has 3 aromatic carbocycles. The van der Waals surface area contributed by atoms with Gasteiger partial charge in [-0.3, -0.25) is 19.8 Å². The Kier molecular flexibility index (Phi) is 5.02. The smallest absolute Gasteiger partial charge is 0.259 e. The number of morpholine rings is 1. The van der Waals surface area contributed by atoms with Gasteiger partial charge in [-0.2, -0.15) is 0 Å². The number of amides is 2. The Morgan fingerprint density at radius 1 is 0.919 bits per heavy atom. The molecule has 2 aliphatic heterocycles. The van der Waals surface area contributed by atoms with E-state index in [-0.39, 0.29) is 11.8 Å². The van der Waals surface area contributed by atoms with Crippen molar-refractivity contribution in [2.24, 2.45) is 7.05 Å². The van der Waals surface area contributed by atoms with E-state index in [1.54, 1.807) is 7.11 Å². The highest BCUT2D eigenvalue weighted by Gasteiger charge is 2.35. The zero-order valence-corrected chi connectivity index (χ0v) is 21.0. The maximum absolute atomic E-state index is 13.3. The van der Waals surface area contributed by atoms with Crippen molar-refractivity contribution in [2.75, 3.05) is 40.0 Å². The van der Waals surface area contributed by atoms with Crippen molar-refractivity contribution < 1.29 is 19.1 Å². The molecule has 1 N–H and O–H groups in total. The van der Waals surface area contributed by atoms with Gasteiger partial charge in [0.25, 0.3) is 11.8 Å². The van der Waals surface area contributed by atoms with Crippen LogP contribution in [0.1, 0.15) is 27.1 Å². The Balaban J connectivity index is 1.56. The first-order valence-corrected chi connectivity index (χ1v) is 12.8. The monoisotopic (exact) mass is 496 g/mol. The number of carbonyl (C=O) groups is 2. The summed E-state index contributed by atoms with van der Waals surface area (Å²) in [6.45, 7) is 5.20. The van der Waals surface area contributed by atoms with E-state index in [1.165, 1.54) is 0 Å². The molecule has 0 atom stereocenters. The van der Waals surface area contributed by atoms with Crippen LogP contribution in [0.25, 0.3) is 43.5 Å². The molecular weight excluding hydrogens is 468 g/mol. The van der Waals surface area contributed by atoms with E-state index >= 15 is 0 Å². The maximum Gasteiger partial charge on any atom is 0.259 e. The zero-order chi connectivity index (χ0) is 25.3. The molecule has 8 nitrogen and oxygen atoms in total. The number of nitrogens with one attached hydrogen (secondary N) is 1. The summed E-state index contributed by atoms with van der Waals surface area (Å²) in [4.78, 5) is 29.0. The second-order valence-electron chi connectivity index (χ2n) is 9.95. The van der Waals surface area contributed by atoms with Crippen LogP contribution in [-0.4, -0.2) is 65.8 Å². The van der Waals surface area contributed by atoms with E-state index in [0.717, 1.165) is 95.0 Å². The number of fused-ring (bicyclic) bond motifs is 10. The third-order valence-corrected chi connectivity index (χ3v) is 7.96. The Labute approximate surface area is 213 Å². The number of carbonyl (C=O) groups excluding carboxylic acids is 2. The predicted octanol–water partition coefficient (Wildman–Crippen LogP) is 4.05. The maximum atomic E-state index is 13.3. The Bertz CT molecular complexity index is 1760. The van der Waals surface area contributed by atoms with E-state index < -0.39 is 0 Å². The third-order valence-electron chi connectivity index (χ3n) is 7.96. The highest BCUT2D eigenvalue weighted by Crippen LogP contribution is 2.44. The number of benzene rings is 3. The number of imide groups is 1. The molecule has 2 amide bonds. The molecule has 1 fully saturated rings. The minimum absolute atomic E-state index is 0.331. The summed E-state index contributed by atoms with van der Waals surface area (Å²) >= 11 is 0. The predicted molar refractivity (Wildman–Crippen MR) is 144 cm³/mol. The lowest BCUT2D eigenvalue weighted by Gasteiger charge is -2.26. The lowest BCUT2D eigenvalue weighted by molar-refractivity contribution is 0.0370. The molecule has 0 bridgehead atoms. The van der Waals surface area contributed by atoms with Crippen LogP contribution in [0.2, 0.25) is 0 Å². The Morgan fingerprint density at radius 2 is 1.65 bits per heavy atom. The zero-order valence-electron chi connectivity index (χ0n) is 21.0. The van der Waals surface area contributed by atoms with Crippen LogP contribution in [0.3, 0.4) is 0 Å². The van der Waals surface area contributed by atoms with Gasteiger partial charge in [0, 0.05) is 72.4 Å². The van der Waals surface area contributed by atoms with E-state index in [4.69, 9.17) is 9.47 Å². The molecule has 2 aromatic heterocycles. The Hall–Kier alpha value is -3.88. The molecule has 2 aliphatic rings. The fourth-order valence-corrected chi connectivity index (χ4v) is 6.27. The molecule has 0 radical (unpaired) electrons. The Morgan fingerprint density at radius 3 is 2.41 bits per heavy atom. The van der Waals surface area contributed by atoms with Gasteiger partial charge in [0.05, 0.1) is 48.0 Å². The summed E-state index contributed by atoms with van der Waals surface area (Å²) in [5.41, 5.74) is 3.91. The number of aromatic nitrogens is 2. The average molecular weight is 497 g/mol. The van der Waals surface area contributed by atoms with Crippen LogP contribution in [0.15, 0.2) is 42.6 Å².